The summed E-state index contributed by atoms with van der Waals surface area (Å²) in [5, 5.41) is 1.78. The summed E-state index contributed by atoms with van der Waals surface area (Å²) in [6.45, 7) is 8.72. The summed E-state index contributed by atoms with van der Waals surface area (Å²) in [5.41, 5.74) is 13.3. The van der Waals surface area contributed by atoms with Gasteiger partial charge in [-0.2, -0.15) is 0 Å². The van der Waals surface area contributed by atoms with Crippen LogP contribution in [-0.2, 0) is 5.41 Å². The highest BCUT2D eigenvalue weighted by Crippen LogP contribution is 2.53. The Kier molecular flexibility index (Phi) is 8.91. The van der Waals surface area contributed by atoms with E-state index in [-0.39, 0.29) is 5.41 Å². The van der Waals surface area contributed by atoms with E-state index in [9.17, 15) is 0 Å². The van der Waals surface area contributed by atoms with Gasteiger partial charge in [0.2, 0.25) is 0 Å². The molecule has 0 amide bonds. The summed E-state index contributed by atoms with van der Waals surface area (Å²) in [4.78, 5) is 17.6. The van der Waals surface area contributed by atoms with E-state index in [0.29, 0.717) is 28.5 Å². The monoisotopic (exact) mass is 760 g/mol. The molecule has 9 aromatic rings. The lowest BCUT2D eigenvalue weighted by atomic mass is 9.82. The van der Waals surface area contributed by atoms with Gasteiger partial charge in [-0.25, -0.2) is 15.0 Å². The number of rotatable bonds is 8. The summed E-state index contributed by atoms with van der Waals surface area (Å²) < 4.78 is 6.71. The van der Waals surface area contributed by atoms with Crippen LogP contribution in [0.5, 0.6) is 0 Å². The zero-order valence-corrected chi connectivity index (χ0v) is 32.9. The Hall–Kier alpha value is -7.63. The van der Waals surface area contributed by atoms with E-state index in [0.717, 1.165) is 44.2 Å². The van der Waals surface area contributed by atoms with Gasteiger partial charge in [0.05, 0.1) is 5.69 Å². The van der Waals surface area contributed by atoms with Crippen LogP contribution in [0.2, 0.25) is 0 Å². The number of nitrogens with zero attached hydrogens (tertiary/aromatic N) is 4. The van der Waals surface area contributed by atoms with Crippen molar-refractivity contribution in [2.24, 2.45) is 0 Å². The lowest BCUT2D eigenvalue weighted by Crippen LogP contribution is -2.25. The molecule has 0 bridgehead atoms. The van der Waals surface area contributed by atoms with Crippen LogP contribution in [0.1, 0.15) is 25.0 Å². The third-order valence-electron chi connectivity index (χ3n) is 11.3. The Morgan fingerprint density at radius 3 is 1.73 bits per heavy atom. The van der Waals surface area contributed by atoms with Gasteiger partial charge in [-0.3, -0.25) is 0 Å². The molecule has 0 spiro atoms. The summed E-state index contributed by atoms with van der Waals surface area (Å²) in [7, 11) is 0. The Morgan fingerprint density at radius 2 is 1.07 bits per heavy atom. The van der Waals surface area contributed by atoms with Crippen LogP contribution in [0.25, 0.3) is 79.7 Å². The smallest absolute Gasteiger partial charge is 0.164 e. The van der Waals surface area contributed by atoms with E-state index < -0.39 is 0 Å². The maximum absolute atomic E-state index is 6.71. The van der Waals surface area contributed by atoms with Crippen molar-refractivity contribution in [2.45, 2.75) is 19.3 Å². The van der Waals surface area contributed by atoms with Crippen molar-refractivity contribution < 1.29 is 4.42 Å². The van der Waals surface area contributed by atoms with Crippen LogP contribution in [0.15, 0.2) is 193 Å². The number of benzene rings is 7. The average Bonchev–Trinajstić information content (AvgIpc) is 3.77. The number of fused-ring (bicyclic) bond motifs is 4. The van der Waals surface area contributed by atoms with Gasteiger partial charge in [0.1, 0.15) is 11.0 Å². The molecule has 0 saturated carbocycles. The predicted octanol–water partition coefficient (Wildman–Crippen LogP) is 12.1. The van der Waals surface area contributed by atoms with Gasteiger partial charge in [0.15, 0.2) is 17.5 Å². The van der Waals surface area contributed by atoms with Gasteiger partial charge in [-0.15, -0.1) is 0 Å². The summed E-state index contributed by atoms with van der Waals surface area (Å²) in [6.07, 6.45) is 5.91. The van der Waals surface area contributed by atoms with E-state index in [1.165, 1.54) is 27.8 Å². The minimum Gasteiger partial charge on any atom is -0.456 e. The highest BCUT2D eigenvalue weighted by molar-refractivity contribution is 5.97. The first-order chi connectivity index (χ1) is 29.0. The first-order valence-corrected chi connectivity index (χ1v) is 19.9. The van der Waals surface area contributed by atoms with Crippen LogP contribution in [0.3, 0.4) is 0 Å². The normalized spacial score (nSPS) is 13.3. The van der Waals surface area contributed by atoms with Crippen LogP contribution in [-0.4, -0.2) is 15.0 Å². The lowest BCUT2D eigenvalue weighted by Gasteiger charge is -2.26. The standard InChI is InChI=1S/C54H40N4O/c1-4-18-47-43(49-42(26-16-30-48(49)59-47)53-56-51(38-21-10-6-11-22-38)55-52(57-53)39-23-12-7-13-24-39)35-58(40-33-31-37(32-34-40)36-19-8-5-9-20-36)46-29-17-28-45-50(46)41-25-14-15-27-44(41)54(45,2)3/h4-35H,1H2,2-3H3/b43-35+,47-18+. The molecular formula is C54H40N4O. The highest BCUT2D eigenvalue weighted by atomic mass is 16.3. The van der Waals surface area contributed by atoms with Crippen molar-refractivity contribution in [1.29, 1.82) is 0 Å². The zero-order chi connectivity index (χ0) is 39.9. The molecule has 7 aromatic carbocycles. The maximum Gasteiger partial charge on any atom is 0.164 e. The molecule has 2 heterocycles. The second-order valence-electron chi connectivity index (χ2n) is 15.3. The minimum absolute atomic E-state index is 0.173. The van der Waals surface area contributed by atoms with Gasteiger partial charge in [-0.1, -0.05) is 178 Å². The van der Waals surface area contributed by atoms with Crippen LogP contribution < -0.4 is 15.5 Å². The van der Waals surface area contributed by atoms with Gasteiger partial charge >= 0.3 is 0 Å². The second-order valence-corrected chi connectivity index (χ2v) is 15.3. The molecule has 0 unspecified atom stereocenters. The Labute approximate surface area is 343 Å². The fraction of sp³-hybridized carbons (Fsp3) is 0.0556. The number of hydrogen-bond donors (Lipinski definition) is 0. The summed E-state index contributed by atoms with van der Waals surface area (Å²) in [6, 6.07) is 61.0. The number of hydrogen-bond acceptors (Lipinski definition) is 5. The average molecular weight is 761 g/mol. The quantitative estimate of drug-likeness (QED) is 0.154. The van der Waals surface area contributed by atoms with Crippen LogP contribution >= 0.6 is 0 Å². The number of furan rings is 1. The first-order valence-electron chi connectivity index (χ1n) is 19.9. The molecule has 0 N–H and O–H groups in total. The fourth-order valence-electron chi connectivity index (χ4n) is 8.46. The zero-order valence-electron chi connectivity index (χ0n) is 32.9. The van der Waals surface area contributed by atoms with Crippen molar-refractivity contribution in [1.82, 2.24) is 15.0 Å². The van der Waals surface area contributed by atoms with Crippen molar-refractivity contribution >= 4 is 34.6 Å². The third-order valence-corrected chi connectivity index (χ3v) is 11.3. The van der Waals surface area contributed by atoms with Crippen molar-refractivity contribution in [3.8, 4) is 56.4 Å². The van der Waals surface area contributed by atoms with Crippen molar-refractivity contribution in [2.75, 3.05) is 4.90 Å². The van der Waals surface area contributed by atoms with Gasteiger partial charge in [-0.05, 0) is 58.2 Å². The minimum atomic E-state index is -0.173. The van der Waals surface area contributed by atoms with Gasteiger partial charge in [0.25, 0.3) is 0 Å². The molecule has 1 aliphatic carbocycles. The molecule has 2 aromatic heterocycles. The molecule has 5 heteroatoms. The molecule has 282 valence electrons. The Balaban J connectivity index is 1.26. The second kappa shape index (κ2) is 14.7. The Bertz CT molecular complexity index is 3080. The molecule has 1 aliphatic rings. The van der Waals surface area contributed by atoms with E-state index in [4.69, 9.17) is 19.4 Å². The number of allylic oxidation sites excluding steroid dienone is 1. The predicted molar refractivity (Wildman–Crippen MR) is 242 cm³/mol. The number of aromatic nitrogens is 3. The third kappa shape index (κ3) is 6.34. The number of anilines is 2. The summed E-state index contributed by atoms with van der Waals surface area (Å²) in [5.74, 6) is 1.75. The van der Waals surface area contributed by atoms with E-state index >= 15 is 0 Å². The maximum atomic E-state index is 6.71. The molecule has 5 nitrogen and oxygen atoms in total. The van der Waals surface area contributed by atoms with Crippen LogP contribution in [0, 0.1) is 0 Å². The molecule has 10 rings (SSSR count). The molecule has 0 saturated heterocycles. The molecule has 0 fully saturated rings. The molecular weight excluding hydrogens is 721 g/mol. The Morgan fingerprint density at radius 1 is 0.525 bits per heavy atom. The summed E-state index contributed by atoms with van der Waals surface area (Å²) >= 11 is 0. The fourth-order valence-corrected chi connectivity index (χ4v) is 8.46. The molecule has 0 radical (unpaired) electrons. The van der Waals surface area contributed by atoms with Crippen LogP contribution in [0.4, 0.5) is 11.4 Å². The lowest BCUT2D eigenvalue weighted by molar-refractivity contribution is 0.575. The van der Waals surface area contributed by atoms with Gasteiger partial charge < -0.3 is 9.32 Å². The van der Waals surface area contributed by atoms with E-state index in [2.05, 4.69) is 129 Å². The largest absolute Gasteiger partial charge is 0.456 e. The highest BCUT2D eigenvalue weighted by Gasteiger charge is 2.37. The van der Waals surface area contributed by atoms with Crippen molar-refractivity contribution in [3.63, 3.8) is 0 Å². The molecule has 0 aliphatic heterocycles. The molecule has 59 heavy (non-hydrogen) atoms. The topological polar surface area (TPSA) is 55.1 Å². The molecule has 0 atom stereocenters. The van der Waals surface area contributed by atoms with E-state index in [1.54, 1.807) is 6.08 Å². The van der Waals surface area contributed by atoms with Crippen molar-refractivity contribution in [3.05, 3.63) is 210 Å². The van der Waals surface area contributed by atoms with Gasteiger partial charge in [0, 0.05) is 50.2 Å². The van der Waals surface area contributed by atoms with E-state index in [1.807, 2.05) is 84.9 Å². The SMILES string of the molecule is C=C/C=c1/oc2cccc(-c3nc(-c4ccccc4)nc(-c4ccccc4)n3)c2/c1=C/N(c1ccc(-c2ccccc2)cc1)c1cccc2c1-c1ccccc1C2(C)C. The first kappa shape index (κ1) is 35.8.